The van der Waals surface area contributed by atoms with Crippen molar-refractivity contribution >= 4 is 35.0 Å². The van der Waals surface area contributed by atoms with Crippen LogP contribution in [0.5, 0.6) is 0 Å². The summed E-state index contributed by atoms with van der Waals surface area (Å²) in [6, 6.07) is 0.358. The number of hydrogen-bond donors (Lipinski definition) is 1. The smallest absolute Gasteiger partial charge is 0.233 e. The molecule has 0 amide bonds. The van der Waals surface area contributed by atoms with Crippen LogP contribution in [0.3, 0.4) is 0 Å². The van der Waals surface area contributed by atoms with Gasteiger partial charge in [-0.25, -0.2) is 0 Å². The van der Waals surface area contributed by atoms with Crippen LogP contribution >= 0.6 is 22.9 Å². The van der Waals surface area contributed by atoms with Crippen molar-refractivity contribution in [2.45, 2.75) is 38.6 Å². The number of nitrogens with zero attached hydrogens (tertiary/aromatic N) is 2. The maximum atomic E-state index is 5.83. The molecule has 4 nitrogen and oxygen atoms in total. The SMILES string of the molecule is C/C=N/O/C(=N\I)C1CCC(N)CC1. The maximum absolute atomic E-state index is 5.83. The van der Waals surface area contributed by atoms with Crippen molar-refractivity contribution in [3.8, 4) is 0 Å². The highest BCUT2D eigenvalue weighted by Gasteiger charge is 2.24. The summed E-state index contributed by atoms with van der Waals surface area (Å²) in [5.41, 5.74) is 5.83. The normalized spacial score (nSPS) is 29.5. The van der Waals surface area contributed by atoms with Gasteiger partial charge in [-0.2, -0.15) is 3.21 Å². The largest absolute Gasteiger partial charge is 0.341 e. The molecule has 80 valence electrons. The molecule has 1 saturated carbocycles. The van der Waals surface area contributed by atoms with Crippen LogP contribution in [0.15, 0.2) is 8.36 Å². The molecule has 14 heavy (non-hydrogen) atoms. The minimum absolute atomic E-state index is 0.358. The first-order chi connectivity index (χ1) is 6.77. The van der Waals surface area contributed by atoms with Crippen molar-refractivity contribution in [3.63, 3.8) is 0 Å². The van der Waals surface area contributed by atoms with Crippen LogP contribution in [0.25, 0.3) is 0 Å². The molecule has 0 unspecified atom stereocenters. The molecule has 2 N–H and O–H groups in total. The topological polar surface area (TPSA) is 60.0 Å². The van der Waals surface area contributed by atoms with Gasteiger partial charge in [-0.15, -0.1) is 0 Å². The molecule has 1 rings (SSSR count). The average Bonchev–Trinajstić information content (AvgIpc) is 2.21. The second kappa shape index (κ2) is 6.34. The Hall–Kier alpha value is -0.170. The quantitative estimate of drug-likeness (QED) is 0.368. The number of nitrogens with two attached hydrogens (primary N) is 1. The van der Waals surface area contributed by atoms with E-state index in [0.29, 0.717) is 12.0 Å². The zero-order valence-electron chi connectivity index (χ0n) is 8.32. The van der Waals surface area contributed by atoms with E-state index >= 15 is 0 Å². The van der Waals surface area contributed by atoms with Crippen LogP contribution in [-0.4, -0.2) is 18.2 Å². The van der Waals surface area contributed by atoms with E-state index in [1.807, 2.05) is 29.8 Å². The summed E-state index contributed by atoms with van der Waals surface area (Å²) in [5.74, 6) is 1.13. The van der Waals surface area contributed by atoms with E-state index in [1.165, 1.54) is 0 Å². The Morgan fingerprint density at radius 1 is 1.43 bits per heavy atom. The van der Waals surface area contributed by atoms with Crippen molar-refractivity contribution < 1.29 is 4.84 Å². The van der Waals surface area contributed by atoms with Crippen LogP contribution < -0.4 is 5.73 Å². The third-order valence-corrected chi connectivity index (χ3v) is 2.93. The predicted molar refractivity (Wildman–Crippen MR) is 66.6 cm³/mol. The number of rotatable bonds is 2. The second-order valence-electron chi connectivity index (χ2n) is 3.49. The number of oxime groups is 1. The molecule has 0 atom stereocenters. The number of halogens is 1. The van der Waals surface area contributed by atoms with E-state index in [-0.39, 0.29) is 0 Å². The van der Waals surface area contributed by atoms with Gasteiger partial charge in [-0.3, -0.25) is 0 Å². The molecule has 1 aliphatic rings. The van der Waals surface area contributed by atoms with Gasteiger partial charge in [0.2, 0.25) is 5.90 Å². The van der Waals surface area contributed by atoms with Crippen molar-refractivity contribution in [3.05, 3.63) is 0 Å². The van der Waals surface area contributed by atoms with Crippen LogP contribution in [0.2, 0.25) is 0 Å². The lowest BCUT2D eigenvalue weighted by molar-refractivity contribution is 0.275. The third kappa shape index (κ3) is 3.53. The van der Waals surface area contributed by atoms with Gasteiger partial charge in [0, 0.05) is 18.2 Å². The summed E-state index contributed by atoms with van der Waals surface area (Å²) >= 11 is 1.95. The lowest BCUT2D eigenvalue weighted by atomic mass is 9.86. The van der Waals surface area contributed by atoms with Gasteiger partial charge in [0.05, 0.1) is 22.9 Å². The molecule has 0 saturated heterocycles. The summed E-state index contributed by atoms with van der Waals surface area (Å²) in [4.78, 5) is 5.19. The Morgan fingerprint density at radius 2 is 2.07 bits per heavy atom. The molecule has 1 fully saturated rings. The van der Waals surface area contributed by atoms with E-state index in [9.17, 15) is 0 Å². The molecule has 0 radical (unpaired) electrons. The van der Waals surface area contributed by atoms with Crippen LogP contribution in [0.4, 0.5) is 0 Å². The van der Waals surface area contributed by atoms with Crippen molar-refractivity contribution in [2.75, 3.05) is 0 Å². The van der Waals surface area contributed by atoms with E-state index in [1.54, 1.807) is 6.21 Å². The van der Waals surface area contributed by atoms with Crippen LogP contribution in [-0.2, 0) is 4.84 Å². The van der Waals surface area contributed by atoms with Crippen molar-refractivity contribution in [2.24, 2.45) is 20.0 Å². The molecule has 0 aromatic heterocycles. The standard InChI is InChI=1S/C9H16IN3O/c1-2-12-14-9(13-10)7-3-5-8(11)6-4-7/h2,7-8H,3-6,11H2,1H3/b12-2+,13-9-. The molecule has 0 aliphatic heterocycles. The fraction of sp³-hybridized carbons (Fsp3) is 0.778. The Labute approximate surface area is 98.5 Å². The van der Waals surface area contributed by atoms with Gasteiger partial charge in [0.15, 0.2) is 0 Å². The number of hydrogen-bond acceptors (Lipinski definition) is 4. The summed E-state index contributed by atoms with van der Waals surface area (Å²) in [7, 11) is 0. The summed E-state index contributed by atoms with van der Waals surface area (Å²) in [5, 5.41) is 3.75. The predicted octanol–water partition coefficient (Wildman–Crippen LogP) is 2.27. The van der Waals surface area contributed by atoms with E-state index in [4.69, 9.17) is 10.6 Å². The molecule has 0 aromatic rings. The van der Waals surface area contributed by atoms with Gasteiger partial charge in [-0.05, 0) is 32.6 Å². The molecule has 1 aliphatic carbocycles. The summed E-state index contributed by atoms with van der Waals surface area (Å²) in [6.45, 7) is 1.82. The Balaban J connectivity index is 2.45. The molecular weight excluding hydrogens is 293 g/mol. The highest BCUT2D eigenvalue weighted by molar-refractivity contribution is 14.1. The minimum atomic E-state index is 0.358. The zero-order chi connectivity index (χ0) is 10.4. The maximum Gasteiger partial charge on any atom is 0.233 e. The summed E-state index contributed by atoms with van der Waals surface area (Å²) in [6.07, 6.45) is 5.85. The summed E-state index contributed by atoms with van der Waals surface area (Å²) < 4.78 is 4.08. The fourth-order valence-corrected chi connectivity index (χ4v) is 2.11. The Bertz CT molecular complexity index is 222. The first kappa shape index (κ1) is 11.9. The molecule has 0 heterocycles. The van der Waals surface area contributed by atoms with Crippen LogP contribution in [0.1, 0.15) is 32.6 Å². The van der Waals surface area contributed by atoms with Gasteiger partial charge >= 0.3 is 0 Å². The Morgan fingerprint density at radius 3 is 2.57 bits per heavy atom. The highest BCUT2D eigenvalue weighted by atomic mass is 127. The molecule has 5 heteroatoms. The molecule has 0 aromatic carbocycles. The zero-order valence-corrected chi connectivity index (χ0v) is 10.5. The first-order valence-corrected chi connectivity index (χ1v) is 5.83. The minimum Gasteiger partial charge on any atom is -0.341 e. The lowest BCUT2D eigenvalue weighted by Crippen LogP contribution is -2.30. The van der Waals surface area contributed by atoms with Gasteiger partial charge in [0.1, 0.15) is 0 Å². The fourth-order valence-electron chi connectivity index (χ4n) is 1.63. The van der Waals surface area contributed by atoms with Crippen molar-refractivity contribution in [1.82, 2.24) is 0 Å². The second-order valence-corrected chi connectivity index (χ2v) is 3.97. The molecule has 0 spiro atoms. The van der Waals surface area contributed by atoms with E-state index in [2.05, 4.69) is 8.36 Å². The third-order valence-electron chi connectivity index (χ3n) is 2.46. The van der Waals surface area contributed by atoms with Gasteiger partial charge in [0.25, 0.3) is 0 Å². The van der Waals surface area contributed by atoms with Crippen LogP contribution in [0, 0.1) is 5.92 Å². The average molecular weight is 309 g/mol. The monoisotopic (exact) mass is 309 g/mol. The molecular formula is C9H16IN3O. The molecule has 0 bridgehead atoms. The first-order valence-electron chi connectivity index (χ1n) is 4.87. The van der Waals surface area contributed by atoms with Crippen molar-refractivity contribution in [1.29, 1.82) is 0 Å². The Kier molecular flexibility index (Phi) is 5.39. The van der Waals surface area contributed by atoms with Gasteiger partial charge < -0.3 is 10.6 Å². The van der Waals surface area contributed by atoms with E-state index in [0.717, 1.165) is 31.6 Å². The van der Waals surface area contributed by atoms with Gasteiger partial charge in [-0.1, -0.05) is 5.16 Å². The highest BCUT2D eigenvalue weighted by Crippen LogP contribution is 2.25. The van der Waals surface area contributed by atoms with E-state index < -0.39 is 0 Å². The lowest BCUT2D eigenvalue weighted by Gasteiger charge is -2.24.